The van der Waals surface area contributed by atoms with E-state index in [9.17, 15) is 15.3 Å². The number of nitrogens with zero attached hydrogens (tertiary/aromatic N) is 3. The molecule has 0 radical (unpaired) electrons. The van der Waals surface area contributed by atoms with Gasteiger partial charge >= 0.3 is 0 Å². The van der Waals surface area contributed by atoms with Gasteiger partial charge in [0.05, 0.1) is 23.1 Å². The number of carbonyl (C=O) groups excluding carboxylic acids is 1. The van der Waals surface area contributed by atoms with Gasteiger partial charge in [0.1, 0.15) is 6.61 Å². The topological polar surface area (TPSA) is 74.2 Å². The van der Waals surface area contributed by atoms with Gasteiger partial charge in [0.25, 0.3) is 0 Å². The number of para-hydroxylation sites is 2. The molecule has 0 aliphatic rings. The van der Waals surface area contributed by atoms with Crippen molar-refractivity contribution in [1.82, 2.24) is 14.0 Å². The van der Waals surface area contributed by atoms with Crippen LogP contribution < -0.4 is 5.62 Å². The molecule has 0 spiro atoms. The number of aryl methyl sites for hydroxylation is 2. The zero-order valence-corrected chi connectivity index (χ0v) is 23.0. The highest BCUT2D eigenvalue weighted by atomic mass is 79.9. The van der Waals surface area contributed by atoms with Crippen molar-refractivity contribution in [3.05, 3.63) is 101 Å². The van der Waals surface area contributed by atoms with E-state index in [4.69, 9.17) is 0 Å². The second-order valence-electron chi connectivity index (χ2n) is 9.41. The van der Waals surface area contributed by atoms with Crippen LogP contribution in [0.4, 0.5) is 0 Å². The molecule has 2 atom stereocenters. The van der Waals surface area contributed by atoms with Gasteiger partial charge in [-0.05, 0) is 50.5 Å². The largest absolute Gasteiger partial charge is 0.387 e. The van der Waals surface area contributed by atoms with Gasteiger partial charge in [-0.1, -0.05) is 71.8 Å². The molecule has 190 valence electrons. The summed E-state index contributed by atoms with van der Waals surface area (Å²) in [6.07, 6.45) is 0.660. The van der Waals surface area contributed by atoms with E-state index < -0.39 is 6.61 Å². The fourth-order valence-corrected chi connectivity index (χ4v) is 4.74. The summed E-state index contributed by atoms with van der Waals surface area (Å²) >= 11 is 0. The third-order valence-corrected chi connectivity index (χ3v) is 6.81. The van der Waals surface area contributed by atoms with Gasteiger partial charge in [0, 0.05) is 13.6 Å². The molecule has 4 rings (SSSR count). The molecule has 0 saturated heterocycles. The van der Waals surface area contributed by atoms with Crippen LogP contribution in [0.2, 0.25) is 0 Å². The summed E-state index contributed by atoms with van der Waals surface area (Å²) in [6.45, 7) is 6.11. The van der Waals surface area contributed by atoms with E-state index >= 15 is 0 Å². The summed E-state index contributed by atoms with van der Waals surface area (Å²) in [4.78, 5) is 13.8. The maximum atomic E-state index is 12.3. The second kappa shape index (κ2) is 11.7. The van der Waals surface area contributed by atoms with Crippen LogP contribution in [-0.4, -0.2) is 45.2 Å². The lowest BCUT2D eigenvalue weighted by atomic mass is 10.0. The number of hydrogen-bond acceptors (Lipinski definition) is 3. The van der Waals surface area contributed by atoms with E-state index in [1.54, 1.807) is 11.9 Å². The number of hydrogen-bond donors (Lipinski definition) is 2. The van der Waals surface area contributed by atoms with Gasteiger partial charge in [0.2, 0.25) is 11.5 Å². The highest BCUT2D eigenvalue weighted by Crippen LogP contribution is 2.26. The lowest BCUT2D eigenvalue weighted by molar-refractivity contribution is -0.133. The Balaban J connectivity index is 0.00000361. The van der Waals surface area contributed by atoms with Crippen LogP contribution in [0.5, 0.6) is 0 Å². The maximum absolute atomic E-state index is 12.3. The molecule has 0 fully saturated rings. The summed E-state index contributed by atoms with van der Waals surface area (Å²) < 4.78 is 4.11. The van der Waals surface area contributed by atoms with Crippen molar-refractivity contribution in [3.63, 3.8) is 0 Å². The molecule has 3 aromatic carbocycles. The van der Waals surface area contributed by atoms with E-state index in [2.05, 4.69) is 79.9 Å². The second-order valence-corrected chi connectivity index (χ2v) is 9.41. The number of benzene rings is 3. The summed E-state index contributed by atoms with van der Waals surface area (Å²) in [6, 6.07) is 24.7. The van der Waals surface area contributed by atoms with Gasteiger partial charge in [0.15, 0.2) is 0 Å². The van der Waals surface area contributed by atoms with Crippen molar-refractivity contribution < 1.29 is 9.90 Å². The van der Waals surface area contributed by atoms with Crippen LogP contribution in [0.25, 0.3) is 11.0 Å². The Hall–Kier alpha value is -3.16. The van der Waals surface area contributed by atoms with Gasteiger partial charge in [-0.3, -0.25) is 10.2 Å². The minimum atomic E-state index is -0.529. The Morgan fingerprint density at radius 1 is 0.917 bits per heavy atom. The molecule has 0 bridgehead atoms. The molecule has 1 amide bonds. The third kappa shape index (κ3) is 5.63. The Bertz CT molecular complexity index is 1370. The van der Waals surface area contributed by atoms with Gasteiger partial charge in [-0.25, -0.2) is 0 Å². The SMILES string of the molecule is Br.Cc1ccc(CC(CN(C)C(=O)CO)n2c(=N)n(C(C)c3ccc(C)cc3)c3ccccc32)cc1. The van der Waals surface area contributed by atoms with Gasteiger partial charge < -0.3 is 19.1 Å². The first-order valence-corrected chi connectivity index (χ1v) is 12.0. The van der Waals surface area contributed by atoms with Gasteiger partial charge in [-0.15, -0.1) is 17.0 Å². The fraction of sp³-hybridized carbons (Fsp3) is 0.310. The normalized spacial score (nSPS) is 12.7. The highest BCUT2D eigenvalue weighted by molar-refractivity contribution is 8.93. The molecule has 6 nitrogen and oxygen atoms in total. The maximum Gasteiger partial charge on any atom is 0.248 e. The number of rotatable bonds is 8. The van der Waals surface area contributed by atoms with E-state index in [0.29, 0.717) is 18.6 Å². The van der Waals surface area contributed by atoms with Crippen molar-refractivity contribution in [3.8, 4) is 0 Å². The predicted molar refractivity (Wildman–Crippen MR) is 150 cm³/mol. The summed E-state index contributed by atoms with van der Waals surface area (Å²) in [5, 5.41) is 18.7. The lowest BCUT2D eigenvalue weighted by Crippen LogP contribution is -2.39. The molecule has 2 unspecified atom stereocenters. The van der Waals surface area contributed by atoms with E-state index in [1.165, 1.54) is 11.1 Å². The van der Waals surface area contributed by atoms with Crippen LogP contribution in [0.1, 0.15) is 41.3 Å². The fourth-order valence-electron chi connectivity index (χ4n) is 4.74. The number of aliphatic hydroxyl groups is 1. The smallest absolute Gasteiger partial charge is 0.248 e. The molecule has 0 aliphatic heterocycles. The molecule has 1 heterocycles. The Morgan fingerprint density at radius 3 is 2.00 bits per heavy atom. The molecular formula is C29H35BrN4O2. The zero-order valence-electron chi connectivity index (χ0n) is 21.3. The van der Waals surface area contributed by atoms with Crippen molar-refractivity contribution in [2.45, 2.75) is 39.3 Å². The minimum absolute atomic E-state index is 0. The van der Waals surface area contributed by atoms with Crippen LogP contribution >= 0.6 is 17.0 Å². The monoisotopic (exact) mass is 550 g/mol. The van der Waals surface area contributed by atoms with Crippen molar-refractivity contribution >= 4 is 33.9 Å². The Kier molecular flexibility index (Phi) is 8.93. The van der Waals surface area contributed by atoms with Gasteiger partial charge in [-0.2, -0.15) is 0 Å². The molecule has 4 aromatic rings. The molecule has 36 heavy (non-hydrogen) atoms. The number of aliphatic hydroxyl groups excluding tert-OH is 1. The molecule has 2 N–H and O–H groups in total. The van der Waals surface area contributed by atoms with E-state index in [-0.39, 0.29) is 35.0 Å². The average molecular weight is 552 g/mol. The summed E-state index contributed by atoms with van der Waals surface area (Å²) in [7, 11) is 1.71. The minimum Gasteiger partial charge on any atom is -0.387 e. The van der Waals surface area contributed by atoms with Crippen LogP contribution in [0, 0.1) is 19.3 Å². The van der Waals surface area contributed by atoms with E-state index in [0.717, 1.165) is 22.2 Å². The lowest BCUT2D eigenvalue weighted by Gasteiger charge is -2.26. The van der Waals surface area contributed by atoms with Crippen molar-refractivity contribution in [1.29, 1.82) is 5.41 Å². The molecule has 1 aromatic heterocycles. The molecule has 0 aliphatic carbocycles. The number of nitrogens with one attached hydrogen (secondary N) is 1. The standard InChI is InChI=1S/C29H34N4O2.BrH/c1-20-9-13-23(14-10-20)17-25(18-31(4)28(35)19-34)33-27-8-6-5-7-26(27)32(29(33)30)22(3)24-15-11-21(2)12-16-24;/h5-16,22,25,30,34H,17-19H2,1-4H3;1H. The third-order valence-electron chi connectivity index (χ3n) is 6.81. The Labute approximate surface area is 223 Å². The zero-order chi connectivity index (χ0) is 25.1. The number of aromatic nitrogens is 2. The Morgan fingerprint density at radius 2 is 1.44 bits per heavy atom. The first-order chi connectivity index (χ1) is 16.8. The molecule has 0 saturated carbocycles. The number of amides is 1. The number of carbonyl (C=O) groups is 1. The van der Waals surface area contributed by atoms with Crippen LogP contribution in [0.3, 0.4) is 0 Å². The highest BCUT2D eigenvalue weighted by Gasteiger charge is 2.24. The van der Waals surface area contributed by atoms with Crippen LogP contribution in [-0.2, 0) is 11.2 Å². The number of fused-ring (bicyclic) bond motifs is 1. The summed E-state index contributed by atoms with van der Waals surface area (Å²) in [5.41, 5.74) is 7.00. The number of likely N-dealkylation sites (N-methyl/N-ethyl adjacent to an activating group) is 1. The predicted octanol–water partition coefficient (Wildman–Crippen LogP) is 4.96. The molecule has 7 heteroatoms. The number of imidazole rings is 1. The first kappa shape index (κ1) is 27.4. The number of halogens is 1. The molecular weight excluding hydrogens is 516 g/mol. The van der Waals surface area contributed by atoms with Crippen molar-refractivity contribution in [2.24, 2.45) is 0 Å². The van der Waals surface area contributed by atoms with E-state index in [1.807, 2.05) is 22.8 Å². The van der Waals surface area contributed by atoms with Crippen molar-refractivity contribution in [2.75, 3.05) is 20.2 Å². The average Bonchev–Trinajstić information content (AvgIpc) is 3.16. The first-order valence-electron chi connectivity index (χ1n) is 12.0. The quantitative estimate of drug-likeness (QED) is 0.325. The summed E-state index contributed by atoms with van der Waals surface area (Å²) in [5.74, 6) is -0.331. The van der Waals surface area contributed by atoms with Crippen LogP contribution in [0.15, 0.2) is 72.8 Å².